The number of hydrogen-bond donors (Lipinski definition) is 2. The quantitative estimate of drug-likeness (QED) is 0.0770. The number of hydrogen-bond acceptors (Lipinski definition) is 17. The molecule has 4 fully saturated rings. The first-order valence-electron chi connectivity index (χ1n) is 19.7. The molecule has 0 aromatic carbocycles. The van der Waals surface area contributed by atoms with Crippen molar-refractivity contribution in [1.29, 1.82) is 0 Å². The summed E-state index contributed by atoms with van der Waals surface area (Å²) in [4.78, 5) is 94.3. The minimum Gasteiger partial charge on any atom is -0.464 e. The zero-order valence-corrected chi connectivity index (χ0v) is 33.5. The number of nitrogens with one attached hydrogen (secondary N) is 1. The highest BCUT2D eigenvalue weighted by Crippen LogP contribution is 2.72. The van der Waals surface area contributed by atoms with Gasteiger partial charge in [-0.1, -0.05) is 25.0 Å². The summed E-state index contributed by atoms with van der Waals surface area (Å²) in [5.74, 6) is -5.16. The van der Waals surface area contributed by atoms with Crippen LogP contribution in [0.3, 0.4) is 0 Å². The molecule has 1 saturated heterocycles. The molecule has 1 heterocycles. The highest BCUT2D eigenvalue weighted by Gasteiger charge is 2.80. The van der Waals surface area contributed by atoms with Gasteiger partial charge in [-0.05, 0) is 90.2 Å². The molecule has 0 aromatic heterocycles. The number of alkyl halides is 1. The van der Waals surface area contributed by atoms with Crippen molar-refractivity contribution < 1.29 is 77.0 Å². The van der Waals surface area contributed by atoms with Crippen LogP contribution in [-0.4, -0.2) is 113 Å². The molecule has 5 aliphatic rings. The number of Topliss-reactive ketones (excluding diaryl/α,β-unsaturated/α-hetero) is 1. The molecule has 4 aliphatic carbocycles. The molecule has 0 bridgehead atoms. The maximum absolute atomic E-state index is 17.7. The monoisotopic (exact) mass is 841 g/mol. The summed E-state index contributed by atoms with van der Waals surface area (Å²) in [6, 6.07) is -1.53. The normalized spacial score (nSPS) is 32.8. The van der Waals surface area contributed by atoms with Gasteiger partial charge in [-0.25, -0.2) is 14.0 Å². The minimum atomic E-state index is -2.18. The molecule has 59 heavy (non-hydrogen) atoms. The van der Waals surface area contributed by atoms with Crippen LogP contribution in [-0.2, 0) is 52.5 Å². The number of rotatable bonds is 20. The molecule has 0 aromatic rings. The minimum absolute atomic E-state index is 0.104. The van der Waals surface area contributed by atoms with E-state index < -0.39 is 105 Å². The van der Waals surface area contributed by atoms with Crippen molar-refractivity contribution in [3.63, 3.8) is 0 Å². The molecule has 21 heteroatoms. The third kappa shape index (κ3) is 9.06. The van der Waals surface area contributed by atoms with Gasteiger partial charge in [-0.2, -0.15) is 0 Å². The lowest BCUT2D eigenvalue weighted by atomic mass is 9.44. The number of halogens is 1. The Labute approximate surface area is 338 Å². The number of aliphatic hydroxyl groups is 1. The number of allylic oxidation sites excluding steroid dienone is 4. The summed E-state index contributed by atoms with van der Waals surface area (Å²) in [6.07, 6.45) is 2.31. The lowest BCUT2D eigenvalue weighted by Crippen LogP contribution is -2.70. The lowest BCUT2D eigenvalue weighted by molar-refractivity contribution is -0.757. The molecule has 5 rings (SSSR count). The first-order chi connectivity index (χ1) is 27.7. The largest absolute Gasteiger partial charge is 0.508 e. The van der Waals surface area contributed by atoms with Crippen LogP contribution in [0.15, 0.2) is 23.8 Å². The number of ketones is 2. The Bertz CT molecular complexity index is 1740. The number of amides is 1. The molecule has 1 amide bonds. The fraction of sp³-hybridized carbons (Fsp3) is 0.763. The standard InChI is InChI=1S/C38H52FN3O17/c1-34(2)58-30-19-26-25-12-11-23-18-24(43)13-14-35(23,3)37(25,39)28(44)20-36(26,4)38(30,59-34)29(45)22-55-33(48)54-21-27(32(47)53-15-8-9-17-57-42(51)52)40-31(46)10-6-5-7-16-56-41(49)50/h13-14,18,25-28,30,44H,5-12,15-17,19-22H2,1-4H3,(H,40,46)/t25?,26?,27-,28-,30-,35-,36-,37-,38-/m0/s1. The van der Waals surface area contributed by atoms with Gasteiger partial charge in [0.1, 0.15) is 6.61 Å². The van der Waals surface area contributed by atoms with Gasteiger partial charge in [0.25, 0.3) is 10.2 Å². The molecule has 9 atom stereocenters. The fourth-order valence-electron chi connectivity index (χ4n) is 9.99. The summed E-state index contributed by atoms with van der Waals surface area (Å²) in [5, 5.41) is 33.0. The van der Waals surface area contributed by atoms with Crippen LogP contribution in [0, 0.1) is 42.9 Å². The van der Waals surface area contributed by atoms with Crippen LogP contribution in [0.1, 0.15) is 91.9 Å². The molecule has 328 valence electrons. The van der Waals surface area contributed by atoms with E-state index in [0.29, 0.717) is 31.3 Å². The molecule has 0 radical (unpaired) electrons. The Balaban J connectivity index is 1.23. The number of carbonyl (C=O) groups is 5. The van der Waals surface area contributed by atoms with Gasteiger partial charge in [-0.15, -0.1) is 20.2 Å². The third-order valence-corrected chi connectivity index (χ3v) is 12.6. The highest BCUT2D eigenvalue weighted by atomic mass is 19.1. The van der Waals surface area contributed by atoms with E-state index in [1.54, 1.807) is 27.7 Å². The van der Waals surface area contributed by atoms with Crippen molar-refractivity contribution in [1.82, 2.24) is 5.32 Å². The van der Waals surface area contributed by atoms with Crippen LogP contribution in [0.25, 0.3) is 0 Å². The van der Waals surface area contributed by atoms with Gasteiger partial charge in [0.2, 0.25) is 11.7 Å². The highest BCUT2D eigenvalue weighted by molar-refractivity contribution is 6.01. The Hall–Kier alpha value is -4.76. The second kappa shape index (κ2) is 17.8. The van der Waals surface area contributed by atoms with Gasteiger partial charge >= 0.3 is 12.1 Å². The molecular formula is C38H52FN3O17. The van der Waals surface area contributed by atoms with Gasteiger partial charge in [0, 0.05) is 23.2 Å². The molecule has 2 unspecified atom stereocenters. The third-order valence-electron chi connectivity index (χ3n) is 12.6. The molecule has 20 nitrogen and oxygen atoms in total. The Morgan fingerprint density at radius 1 is 0.966 bits per heavy atom. The Kier molecular flexibility index (Phi) is 13.7. The van der Waals surface area contributed by atoms with E-state index in [0.717, 1.165) is 0 Å². The fourth-order valence-corrected chi connectivity index (χ4v) is 9.99. The number of carbonyl (C=O) groups excluding carboxylic acids is 5. The van der Waals surface area contributed by atoms with Crippen LogP contribution in [0.5, 0.6) is 0 Å². The van der Waals surface area contributed by atoms with E-state index >= 15 is 4.39 Å². The van der Waals surface area contributed by atoms with Gasteiger partial charge in [0.05, 0.1) is 32.0 Å². The van der Waals surface area contributed by atoms with Crippen LogP contribution < -0.4 is 5.32 Å². The van der Waals surface area contributed by atoms with Crippen molar-refractivity contribution in [3.8, 4) is 0 Å². The Morgan fingerprint density at radius 2 is 1.63 bits per heavy atom. The van der Waals surface area contributed by atoms with Crippen molar-refractivity contribution in [3.05, 3.63) is 44.0 Å². The van der Waals surface area contributed by atoms with Crippen LogP contribution >= 0.6 is 0 Å². The first kappa shape index (κ1) is 45.3. The molecule has 0 spiro atoms. The second-order valence-corrected chi connectivity index (χ2v) is 16.5. The van der Waals surface area contributed by atoms with Crippen molar-refractivity contribution in [2.45, 2.75) is 127 Å². The van der Waals surface area contributed by atoms with Crippen molar-refractivity contribution >= 4 is 29.6 Å². The number of fused-ring (bicyclic) bond motifs is 7. The smallest absolute Gasteiger partial charge is 0.464 e. The predicted octanol–water partition coefficient (Wildman–Crippen LogP) is 3.36. The SMILES string of the molecule is CC1(C)O[C@H]2CC3C4CCC5=CC(=O)C=C[C@]5(C)[C@@]4(F)[C@@H](O)C[C@]3(C)[C@@]2(C(=O)COC(=O)OC[C@H](NC(=O)CCCCCO[N+](=O)[O-])C(=O)OCCCCO[N+](=O)[O-])O1. The van der Waals surface area contributed by atoms with E-state index in [1.165, 1.54) is 18.2 Å². The van der Waals surface area contributed by atoms with E-state index in [9.17, 15) is 49.3 Å². The van der Waals surface area contributed by atoms with E-state index in [-0.39, 0.29) is 64.1 Å². The maximum atomic E-state index is 17.7. The van der Waals surface area contributed by atoms with Gasteiger partial charge < -0.3 is 43.8 Å². The summed E-state index contributed by atoms with van der Waals surface area (Å²) in [7, 11) is 0. The number of aliphatic hydroxyl groups excluding tert-OH is 1. The molecule has 1 aliphatic heterocycles. The summed E-state index contributed by atoms with van der Waals surface area (Å²) >= 11 is 0. The van der Waals surface area contributed by atoms with Crippen molar-refractivity contribution in [2.24, 2.45) is 22.7 Å². The Morgan fingerprint density at radius 3 is 2.31 bits per heavy atom. The van der Waals surface area contributed by atoms with Gasteiger partial charge in [-0.3, -0.25) is 14.4 Å². The predicted molar refractivity (Wildman–Crippen MR) is 195 cm³/mol. The lowest BCUT2D eigenvalue weighted by Gasteiger charge is -2.62. The molecular weight excluding hydrogens is 789 g/mol. The topological polar surface area (TPSA) is 268 Å². The van der Waals surface area contributed by atoms with E-state index in [1.807, 2.05) is 0 Å². The first-order valence-corrected chi connectivity index (χ1v) is 19.7. The van der Waals surface area contributed by atoms with Crippen LogP contribution in [0.2, 0.25) is 0 Å². The zero-order valence-electron chi connectivity index (χ0n) is 33.5. The summed E-state index contributed by atoms with van der Waals surface area (Å²) in [6.45, 7) is 4.40. The second-order valence-electron chi connectivity index (χ2n) is 16.5. The average molecular weight is 842 g/mol. The molecule has 3 saturated carbocycles. The number of nitrogens with zero attached hydrogens (tertiary/aromatic N) is 2. The van der Waals surface area contributed by atoms with Crippen molar-refractivity contribution in [2.75, 3.05) is 33.0 Å². The van der Waals surface area contributed by atoms with Gasteiger partial charge in [0.15, 0.2) is 35.5 Å². The van der Waals surface area contributed by atoms with E-state index in [2.05, 4.69) is 15.0 Å². The molecule has 2 N–H and O–H groups in total. The van der Waals surface area contributed by atoms with E-state index in [4.69, 9.17) is 23.7 Å². The number of unbranched alkanes of at least 4 members (excludes halogenated alkanes) is 3. The summed E-state index contributed by atoms with van der Waals surface area (Å²) in [5.41, 5.74) is -5.82. The average Bonchev–Trinajstić information content (AvgIpc) is 3.57. The number of esters is 1. The van der Waals surface area contributed by atoms with Crippen LogP contribution in [0.4, 0.5) is 9.18 Å². The number of ether oxygens (including phenoxy) is 5. The maximum Gasteiger partial charge on any atom is 0.508 e. The summed E-state index contributed by atoms with van der Waals surface area (Å²) < 4.78 is 46.0. The zero-order chi connectivity index (χ0) is 43.4.